The molecule has 4 fully saturated rings. The number of anilines is 4. The lowest BCUT2D eigenvalue weighted by Gasteiger charge is -2.41. The predicted molar refractivity (Wildman–Crippen MR) is 386 cm³/mol. The molecule has 100 heavy (non-hydrogen) atoms. The Bertz CT molecular complexity index is 4180. The first-order chi connectivity index (χ1) is 48.8. The number of nitrogens with zero attached hydrogens (tertiary/aromatic N) is 13. The Morgan fingerprint density at radius 3 is 1.47 bits per heavy atom. The van der Waals surface area contributed by atoms with E-state index in [1.807, 2.05) is 67.5 Å². The number of fused-ring (bicyclic) bond motifs is 4. The zero-order valence-corrected chi connectivity index (χ0v) is 57.3. The zero-order chi connectivity index (χ0) is 70.0. The number of carbonyl (C=O) groups excluding carboxylic acids is 3. The van der Waals surface area contributed by atoms with Crippen LogP contribution in [0.5, 0.6) is 12.0 Å². The van der Waals surface area contributed by atoms with Crippen LogP contribution in [0.3, 0.4) is 0 Å². The summed E-state index contributed by atoms with van der Waals surface area (Å²) in [6.07, 6.45) is 5.15. The number of piperazine rings is 2. The summed E-state index contributed by atoms with van der Waals surface area (Å²) in [6.45, 7) is 31.2. The molecule has 0 aliphatic carbocycles. The van der Waals surface area contributed by atoms with Crippen LogP contribution in [0.2, 0.25) is 0 Å². The van der Waals surface area contributed by atoms with Crippen molar-refractivity contribution >= 4 is 70.0 Å². The fourth-order valence-electron chi connectivity index (χ4n) is 14.4. The minimum Gasteiger partial charge on any atom is -0.483 e. The van der Waals surface area contributed by atoms with Gasteiger partial charge in [0.25, 0.3) is 6.47 Å². The number of aromatic nitrogens is 4. The van der Waals surface area contributed by atoms with Crippen LogP contribution in [0.4, 0.5) is 32.6 Å². The van der Waals surface area contributed by atoms with Gasteiger partial charge in [-0.1, -0.05) is 133 Å². The highest BCUT2D eigenvalue weighted by Crippen LogP contribution is 2.38. The van der Waals surface area contributed by atoms with Crippen molar-refractivity contribution in [2.75, 3.05) is 118 Å². The van der Waals surface area contributed by atoms with Crippen LogP contribution < -0.4 is 34.4 Å². The number of likely N-dealkylation sites (tertiary alicyclic amines) is 1. The summed E-state index contributed by atoms with van der Waals surface area (Å²) in [5.74, 6) is 1.70. The summed E-state index contributed by atoms with van der Waals surface area (Å²) in [4.78, 5) is 85.4. The van der Waals surface area contributed by atoms with Crippen molar-refractivity contribution in [3.05, 3.63) is 202 Å². The maximum Gasteiger partial charge on any atom is 0.410 e. The summed E-state index contributed by atoms with van der Waals surface area (Å²) in [6, 6.07) is 49.3. The first-order valence-electron chi connectivity index (χ1n) is 34.3. The smallest absolute Gasteiger partial charge is 0.410 e. The molecule has 520 valence electrons. The Morgan fingerprint density at radius 1 is 0.580 bits per heavy atom. The van der Waals surface area contributed by atoms with E-state index in [0.717, 1.165) is 110 Å². The monoisotopic (exact) mass is 1350 g/mol. The number of carbonyl (C=O) groups is 4. The molecule has 8 heterocycles. The zero-order valence-electron chi connectivity index (χ0n) is 57.3. The Morgan fingerprint density at radius 2 is 1.03 bits per heavy atom. The van der Waals surface area contributed by atoms with Crippen LogP contribution >= 0.6 is 0 Å². The molecule has 4 saturated heterocycles. The molecule has 0 saturated carbocycles. The van der Waals surface area contributed by atoms with Gasteiger partial charge in [0.15, 0.2) is 0 Å². The Kier molecular flexibility index (Phi) is 23.5. The number of rotatable bonds is 16. The summed E-state index contributed by atoms with van der Waals surface area (Å²) in [5.41, 5.74) is 8.22. The predicted octanol–water partition coefficient (Wildman–Crippen LogP) is 10.8. The van der Waals surface area contributed by atoms with Crippen molar-refractivity contribution in [2.45, 2.75) is 102 Å². The third-order valence-electron chi connectivity index (χ3n) is 19.9. The van der Waals surface area contributed by atoms with Gasteiger partial charge in [-0.05, 0) is 107 Å². The largest absolute Gasteiger partial charge is 0.483 e. The molecule has 4 atom stereocenters. The number of amides is 2. The second-order valence-corrected chi connectivity index (χ2v) is 26.5. The normalized spacial score (nSPS) is 20.2. The highest BCUT2D eigenvalue weighted by Gasteiger charge is 2.40. The molecular formula is C77H88N14O9. The number of carboxylic acid groups (broad SMARTS) is 1. The molecule has 23 heteroatoms. The van der Waals surface area contributed by atoms with Crippen LogP contribution in [-0.2, 0) is 58.2 Å². The van der Waals surface area contributed by atoms with E-state index in [2.05, 4.69) is 145 Å². The van der Waals surface area contributed by atoms with Gasteiger partial charge in [0, 0.05) is 91.2 Å². The standard InChI is InChI=1S/C38H43N7O3.C37H41N7O3.CH2O2.CH2O/c1-38(18-10-19-42(38)3)27-48-36-40-33-25-43(34-16-9-14-29-13-7-8-15-31(29)34)20-17-32(33)35(41-36)44-21-22-45(30(24-44)23-39-2)37(46)47-26-28-11-5-4-6-12-28;1-37(17-9-18-39-37)26-47-35-40-32-24-42(33-15-8-13-28-12-6-7-14-30(28)33)19-16-31(32)34(41-35)43-20-21-44(29(23-43)22-38-2)36(45)46-25-27-10-4-3-5-11-27;2-1-3;1-2/h4-9,11-16,30H,10,17-27H2,1,3H3;3-8,10-15,29,39H,9,16-26H2,1H3;1H,(H,2,3);1H2/t30?,38-;29?,37-;;/m00../s1. The summed E-state index contributed by atoms with van der Waals surface area (Å²) in [7, 11) is 2.15. The lowest BCUT2D eigenvalue weighted by atomic mass is 10.0. The molecular weight excluding hydrogens is 1260 g/mol. The third-order valence-corrected chi connectivity index (χ3v) is 19.9. The number of nitrogens with one attached hydrogen (secondary N) is 1. The van der Waals surface area contributed by atoms with Crippen LogP contribution in [0.25, 0.3) is 31.2 Å². The number of ether oxygens (including phenoxy) is 4. The molecule has 6 aromatic carbocycles. The SMILES string of the molecule is C=O.O=CO.[C-]#[N+]CC1CN(c2nc(OC[C@]3(C)CCCN3)nc3c2CCN(c2cccc4ccccc24)C3)CCN1C(=O)OCc1ccccc1.[C-]#[N+]CC1CN(c2nc(OC[C@]3(C)CCCN3C)nc3c2CCN(c2cccc4ccccc24)C3)CCN1C(=O)OCc1ccccc1. The topological polar surface area (TPSA) is 220 Å². The van der Waals surface area contributed by atoms with Gasteiger partial charge in [-0.3, -0.25) is 19.5 Å². The molecule has 2 unspecified atom stereocenters. The van der Waals surface area contributed by atoms with Crippen LogP contribution in [0.15, 0.2) is 146 Å². The summed E-state index contributed by atoms with van der Waals surface area (Å²) in [5, 5.41) is 15.3. The van der Waals surface area contributed by atoms with E-state index >= 15 is 0 Å². The molecule has 8 aromatic rings. The minimum absolute atomic E-state index is 0.0686. The number of likely N-dealkylation sites (N-methyl/N-ethyl adjacent to an activating group) is 1. The van der Waals surface area contributed by atoms with Gasteiger partial charge in [-0.15, -0.1) is 0 Å². The number of benzene rings is 6. The molecule has 14 rings (SSSR count). The van der Waals surface area contributed by atoms with Gasteiger partial charge >= 0.3 is 24.2 Å². The van der Waals surface area contributed by atoms with Gasteiger partial charge in [0.05, 0.1) is 30.0 Å². The number of hydrogen-bond acceptors (Lipinski definition) is 18. The maximum absolute atomic E-state index is 13.2. The van der Waals surface area contributed by atoms with E-state index in [4.69, 9.17) is 66.7 Å². The van der Waals surface area contributed by atoms with Crippen LogP contribution in [-0.4, -0.2) is 187 Å². The van der Waals surface area contributed by atoms with Gasteiger partial charge in [-0.25, -0.2) is 22.7 Å². The molecule has 0 spiro atoms. The van der Waals surface area contributed by atoms with Gasteiger partial charge in [-0.2, -0.15) is 19.9 Å². The fraction of sp³-hybridized carbons (Fsp3) is 0.403. The Balaban J connectivity index is 0.000000190. The van der Waals surface area contributed by atoms with E-state index in [1.54, 1.807) is 9.80 Å². The van der Waals surface area contributed by atoms with Crippen molar-refractivity contribution in [3.63, 3.8) is 0 Å². The van der Waals surface area contributed by atoms with Crippen LogP contribution in [0.1, 0.15) is 73.2 Å². The van der Waals surface area contributed by atoms with E-state index in [9.17, 15) is 9.59 Å². The maximum atomic E-state index is 13.2. The lowest BCUT2D eigenvalue weighted by Crippen LogP contribution is -2.57. The molecule has 2 aromatic heterocycles. The number of hydrogen-bond donors (Lipinski definition) is 2. The highest BCUT2D eigenvalue weighted by molar-refractivity contribution is 5.95. The van der Waals surface area contributed by atoms with Gasteiger partial charge in [0.1, 0.15) is 56.9 Å². The van der Waals surface area contributed by atoms with E-state index in [0.29, 0.717) is 77.6 Å². The van der Waals surface area contributed by atoms with Crippen molar-refractivity contribution in [1.29, 1.82) is 0 Å². The summed E-state index contributed by atoms with van der Waals surface area (Å²) < 4.78 is 24.2. The molecule has 0 bridgehead atoms. The first-order valence-corrected chi connectivity index (χ1v) is 34.3. The van der Waals surface area contributed by atoms with E-state index in [-0.39, 0.29) is 68.1 Å². The van der Waals surface area contributed by atoms with Gasteiger partial charge in [0.2, 0.25) is 13.1 Å². The molecule has 6 aliphatic heterocycles. The van der Waals surface area contributed by atoms with Gasteiger partial charge < -0.3 is 63.5 Å². The molecule has 2 N–H and O–H groups in total. The van der Waals surface area contributed by atoms with E-state index in [1.165, 1.54) is 32.9 Å². The first kappa shape index (κ1) is 70.7. The second kappa shape index (κ2) is 33.3. The van der Waals surface area contributed by atoms with Crippen molar-refractivity contribution in [3.8, 4) is 12.0 Å². The third kappa shape index (κ3) is 16.7. The molecule has 23 nitrogen and oxygen atoms in total. The van der Waals surface area contributed by atoms with Crippen molar-refractivity contribution in [2.24, 2.45) is 0 Å². The van der Waals surface area contributed by atoms with Crippen molar-refractivity contribution < 1.29 is 43.2 Å². The highest BCUT2D eigenvalue weighted by atomic mass is 16.6. The average molecular weight is 1350 g/mol. The Labute approximate surface area is 584 Å². The summed E-state index contributed by atoms with van der Waals surface area (Å²) >= 11 is 0. The average Bonchev–Trinajstić information content (AvgIpc) is 0.864. The minimum atomic E-state index is -0.390. The molecule has 6 aliphatic rings. The molecule has 0 radical (unpaired) electrons. The second-order valence-electron chi connectivity index (χ2n) is 26.5. The quantitative estimate of drug-likeness (QED) is 0.0678. The Hall–Kier alpha value is -10.6. The van der Waals surface area contributed by atoms with E-state index < -0.39 is 0 Å². The van der Waals surface area contributed by atoms with Crippen LogP contribution in [0, 0.1) is 13.1 Å². The fourth-order valence-corrected chi connectivity index (χ4v) is 14.4. The molecule has 2 amide bonds. The van der Waals surface area contributed by atoms with Crippen molar-refractivity contribution in [1.82, 2.24) is 40.0 Å². The lowest BCUT2D eigenvalue weighted by molar-refractivity contribution is -0.122.